The van der Waals surface area contributed by atoms with Gasteiger partial charge in [0.15, 0.2) is 0 Å². The van der Waals surface area contributed by atoms with Crippen molar-refractivity contribution in [2.45, 2.75) is 39.7 Å². The predicted octanol–water partition coefficient (Wildman–Crippen LogP) is 4.31. The molecule has 1 fully saturated rings. The fraction of sp³-hybridized carbons (Fsp3) is 0.455. The second kappa shape index (κ2) is 7.50. The predicted molar refractivity (Wildman–Crippen MR) is 112 cm³/mol. The normalized spacial score (nSPS) is 22.4. The first-order valence-electron chi connectivity index (χ1n) is 10.2. The lowest BCUT2D eigenvalue weighted by atomic mass is 10.0. The quantitative estimate of drug-likeness (QED) is 0.707. The molecular weight excluding hydrogens is 408 g/mol. The molecule has 0 spiro atoms. The fourth-order valence-electron chi connectivity index (χ4n) is 4.33. The van der Waals surface area contributed by atoms with Crippen LogP contribution in [0, 0.1) is 17.0 Å². The van der Waals surface area contributed by atoms with Gasteiger partial charge in [-0.1, -0.05) is 20.8 Å². The third kappa shape index (κ3) is 4.03. The van der Waals surface area contributed by atoms with Gasteiger partial charge in [-0.2, -0.15) is 0 Å². The van der Waals surface area contributed by atoms with Crippen LogP contribution in [0.1, 0.15) is 45.2 Å². The van der Waals surface area contributed by atoms with E-state index in [4.69, 9.17) is 0 Å². The van der Waals surface area contributed by atoms with Crippen LogP contribution in [0.4, 0.5) is 8.78 Å². The maximum atomic E-state index is 14.4. The van der Waals surface area contributed by atoms with Crippen LogP contribution in [0.5, 0.6) is 0 Å². The summed E-state index contributed by atoms with van der Waals surface area (Å²) in [5, 5.41) is 1.65. The van der Waals surface area contributed by atoms with Crippen molar-refractivity contribution >= 4 is 10.0 Å². The molecule has 0 unspecified atom stereocenters. The number of likely N-dealkylation sites (tertiary alicyclic amines) is 1. The van der Waals surface area contributed by atoms with Gasteiger partial charge in [0.25, 0.3) is 0 Å². The number of benzene rings is 1. The number of nitrogens with zero attached hydrogens (tertiary/aromatic N) is 3. The highest BCUT2D eigenvalue weighted by molar-refractivity contribution is 7.89. The van der Waals surface area contributed by atoms with Crippen LogP contribution in [0.3, 0.4) is 0 Å². The van der Waals surface area contributed by atoms with Gasteiger partial charge in [0.2, 0.25) is 10.0 Å². The molecule has 162 valence electrons. The van der Waals surface area contributed by atoms with Crippen molar-refractivity contribution in [2.24, 2.45) is 5.41 Å². The van der Waals surface area contributed by atoms with Crippen molar-refractivity contribution in [1.82, 2.24) is 14.3 Å². The van der Waals surface area contributed by atoms with Gasteiger partial charge in [0.05, 0.1) is 24.0 Å². The highest BCUT2D eigenvalue weighted by atomic mass is 32.2. The first-order chi connectivity index (χ1) is 14.0. The van der Waals surface area contributed by atoms with E-state index in [1.807, 2.05) is 39.0 Å². The number of fused-ring (bicyclic) bond motifs is 1. The minimum atomic E-state index is -3.47. The summed E-state index contributed by atoms with van der Waals surface area (Å²) < 4.78 is 55.2. The number of rotatable bonds is 4. The van der Waals surface area contributed by atoms with Crippen LogP contribution in [0.15, 0.2) is 54.0 Å². The number of sulfonamides is 1. The molecule has 8 heteroatoms. The molecule has 4 rings (SSSR count). The van der Waals surface area contributed by atoms with E-state index in [0.29, 0.717) is 5.56 Å². The van der Waals surface area contributed by atoms with Gasteiger partial charge >= 0.3 is 0 Å². The first kappa shape index (κ1) is 21.1. The first-order valence-corrected chi connectivity index (χ1v) is 11.8. The molecule has 0 aromatic heterocycles. The highest BCUT2D eigenvalue weighted by Gasteiger charge is 2.37. The van der Waals surface area contributed by atoms with E-state index in [2.05, 4.69) is 4.90 Å². The molecule has 30 heavy (non-hydrogen) atoms. The van der Waals surface area contributed by atoms with Gasteiger partial charge < -0.3 is 4.90 Å². The molecule has 1 saturated heterocycles. The Bertz CT molecular complexity index is 1040. The van der Waals surface area contributed by atoms with Gasteiger partial charge in [-0.15, -0.1) is 4.41 Å². The molecule has 0 bridgehead atoms. The van der Waals surface area contributed by atoms with Crippen molar-refractivity contribution in [3.05, 3.63) is 71.2 Å². The zero-order chi connectivity index (χ0) is 21.7. The van der Waals surface area contributed by atoms with Crippen molar-refractivity contribution < 1.29 is 17.2 Å². The summed E-state index contributed by atoms with van der Waals surface area (Å²) >= 11 is 0. The Hall–Kier alpha value is -2.19. The second-order valence-electron chi connectivity index (χ2n) is 9.20. The molecule has 5 nitrogen and oxygen atoms in total. The molecule has 1 aromatic rings. The molecule has 0 saturated carbocycles. The molecule has 0 amide bonds. The van der Waals surface area contributed by atoms with Crippen LogP contribution in [0.25, 0.3) is 0 Å². The van der Waals surface area contributed by atoms with Crippen molar-refractivity contribution in [3.8, 4) is 0 Å². The lowest BCUT2D eigenvalue weighted by Crippen LogP contribution is -2.43. The zero-order valence-electron chi connectivity index (χ0n) is 17.5. The third-order valence-corrected chi connectivity index (χ3v) is 7.68. The Kier molecular flexibility index (Phi) is 5.26. The van der Waals surface area contributed by atoms with E-state index in [1.165, 1.54) is 16.5 Å². The van der Waals surface area contributed by atoms with Gasteiger partial charge in [-0.3, -0.25) is 5.01 Å². The Morgan fingerprint density at radius 1 is 1.17 bits per heavy atom. The molecule has 1 aromatic carbocycles. The maximum Gasteiger partial charge on any atom is 0.232 e. The largest absolute Gasteiger partial charge is 0.364 e. The summed E-state index contributed by atoms with van der Waals surface area (Å²) in [5.41, 5.74) is 1.66. The van der Waals surface area contributed by atoms with Gasteiger partial charge in [0, 0.05) is 24.0 Å². The van der Waals surface area contributed by atoms with Crippen LogP contribution in [-0.4, -0.2) is 41.6 Å². The van der Waals surface area contributed by atoms with E-state index >= 15 is 0 Å². The van der Waals surface area contributed by atoms with Crippen LogP contribution < -0.4 is 0 Å². The number of hydrogen-bond acceptors (Lipinski definition) is 4. The smallest absolute Gasteiger partial charge is 0.232 e. The topological polar surface area (TPSA) is 43.9 Å². The lowest BCUT2D eigenvalue weighted by Gasteiger charge is -2.34. The third-order valence-electron chi connectivity index (χ3n) is 5.48. The number of hydrazine groups is 1. The molecule has 0 N–H and O–H groups in total. The summed E-state index contributed by atoms with van der Waals surface area (Å²) in [4.78, 5) is 2.07. The van der Waals surface area contributed by atoms with Gasteiger partial charge in [-0.25, -0.2) is 17.2 Å². The molecule has 3 aliphatic heterocycles. The Labute approximate surface area is 177 Å². The zero-order valence-corrected chi connectivity index (χ0v) is 18.3. The summed E-state index contributed by atoms with van der Waals surface area (Å²) in [6.07, 6.45) is 8.99. The van der Waals surface area contributed by atoms with Gasteiger partial charge in [-0.05, 0) is 54.7 Å². The van der Waals surface area contributed by atoms with E-state index in [0.717, 1.165) is 36.8 Å². The number of hydrogen-bond donors (Lipinski definition) is 0. The Morgan fingerprint density at radius 3 is 2.67 bits per heavy atom. The van der Waals surface area contributed by atoms with E-state index in [9.17, 15) is 17.2 Å². The molecule has 0 radical (unpaired) electrons. The van der Waals surface area contributed by atoms with Gasteiger partial charge in [0.1, 0.15) is 11.6 Å². The van der Waals surface area contributed by atoms with Crippen LogP contribution in [-0.2, 0) is 10.0 Å². The van der Waals surface area contributed by atoms with Crippen LogP contribution >= 0.6 is 0 Å². The summed E-state index contributed by atoms with van der Waals surface area (Å²) in [5.74, 6) is -0.805. The van der Waals surface area contributed by atoms with E-state index < -0.39 is 21.7 Å². The fourth-order valence-corrected chi connectivity index (χ4v) is 6.29. The average Bonchev–Trinajstić information content (AvgIpc) is 3.28. The SMILES string of the molecule is CC(C)(C)CS(=O)(=O)N1CC=C2C=C(N3CCC[C@@H]3c3cc(F)ccc3F)C=CN21. The minimum absolute atomic E-state index is 0.0507. The molecule has 3 aliphatic rings. The second-order valence-corrected chi connectivity index (χ2v) is 11.1. The summed E-state index contributed by atoms with van der Waals surface area (Å²) in [7, 11) is -3.47. The maximum absolute atomic E-state index is 14.4. The number of halogens is 2. The van der Waals surface area contributed by atoms with Crippen molar-refractivity contribution in [1.29, 1.82) is 0 Å². The lowest BCUT2D eigenvalue weighted by molar-refractivity contribution is 0.202. The van der Waals surface area contributed by atoms with Crippen molar-refractivity contribution in [3.63, 3.8) is 0 Å². The van der Waals surface area contributed by atoms with Crippen LogP contribution in [0.2, 0.25) is 0 Å². The number of allylic oxidation sites excluding steroid dienone is 2. The monoisotopic (exact) mass is 435 g/mol. The average molecular weight is 436 g/mol. The van der Waals surface area contributed by atoms with E-state index in [-0.39, 0.29) is 23.8 Å². The Balaban J connectivity index is 1.56. The standard InChI is InChI=1S/C22H27F2N3O2S/c1-22(2,3)15-30(28,29)27-12-9-18-14-17(8-11-26(18)27)25-10-4-5-21(25)19-13-16(23)6-7-20(19)24/h6-9,11,13-14,21H,4-5,10,12,15H2,1-3H3/t21-/m1/s1. The van der Waals surface area contributed by atoms with Crippen molar-refractivity contribution in [2.75, 3.05) is 18.8 Å². The summed E-state index contributed by atoms with van der Waals surface area (Å²) in [6, 6.07) is 3.33. The molecular formula is C22H27F2N3O2S. The summed E-state index contributed by atoms with van der Waals surface area (Å²) in [6.45, 7) is 6.72. The minimum Gasteiger partial charge on any atom is -0.364 e. The molecule has 3 heterocycles. The molecule has 1 atom stereocenters. The highest BCUT2D eigenvalue weighted by Crippen LogP contribution is 2.39. The van der Waals surface area contributed by atoms with E-state index in [1.54, 1.807) is 11.2 Å². The Morgan fingerprint density at radius 2 is 1.93 bits per heavy atom. The molecule has 0 aliphatic carbocycles.